The van der Waals surface area contributed by atoms with Crippen LogP contribution in [0.2, 0.25) is 0 Å². The lowest BCUT2D eigenvalue weighted by molar-refractivity contribution is -0.0156. The Morgan fingerprint density at radius 3 is 2.89 bits per heavy atom. The van der Waals surface area contributed by atoms with Gasteiger partial charge in [0.1, 0.15) is 36.4 Å². The van der Waals surface area contributed by atoms with Crippen LogP contribution in [0.3, 0.4) is 0 Å². The molecule has 4 aromatic rings. The van der Waals surface area contributed by atoms with Crippen molar-refractivity contribution in [1.82, 2.24) is 14.5 Å². The van der Waals surface area contributed by atoms with Crippen molar-refractivity contribution in [3.05, 3.63) is 61.1 Å². The minimum atomic E-state index is -0.0537. The summed E-state index contributed by atoms with van der Waals surface area (Å²) >= 11 is 0. The average Bonchev–Trinajstić information content (AvgIpc) is 3.33. The normalized spacial score (nSPS) is 19.7. The van der Waals surface area contributed by atoms with Crippen molar-refractivity contribution in [3.8, 4) is 5.75 Å². The van der Waals surface area contributed by atoms with Gasteiger partial charge in [-0.05, 0) is 41.8 Å². The van der Waals surface area contributed by atoms with E-state index in [4.69, 9.17) is 15.2 Å². The zero-order chi connectivity index (χ0) is 18.2. The van der Waals surface area contributed by atoms with E-state index in [2.05, 4.69) is 34.2 Å². The van der Waals surface area contributed by atoms with Crippen LogP contribution in [-0.4, -0.2) is 27.2 Å². The van der Waals surface area contributed by atoms with Gasteiger partial charge in [0, 0.05) is 6.20 Å². The molecule has 3 heterocycles. The maximum absolute atomic E-state index is 6.20. The van der Waals surface area contributed by atoms with Gasteiger partial charge < -0.3 is 19.8 Å². The summed E-state index contributed by atoms with van der Waals surface area (Å²) < 4.78 is 14.2. The molecule has 27 heavy (non-hydrogen) atoms. The summed E-state index contributed by atoms with van der Waals surface area (Å²) in [5.74, 6) is 1.36. The summed E-state index contributed by atoms with van der Waals surface area (Å²) in [5, 5.41) is 3.25. The summed E-state index contributed by atoms with van der Waals surface area (Å²) in [5.41, 5.74) is 6.73. The molecule has 2 aromatic heterocycles. The topological polar surface area (TPSA) is 75.2 Å². The van der Waals surface area contributed by atoms with E-state index in [1.165, 1.54) is 17.1 Å². The van der Waals surface area contributed by atoms with Gasteiger partial charge in [-0.2, -0.15) is 0 Å². The van der Waals surface area contributed by atoms with E-state index in [1.54, 1.807) is 0 Å². The van der Waals surface area contributed by atoms with Gasteiger partial charge in [-0.25, -0.2) is 9.97 Å². The van der Waals surface area contributed by atoms with E-state index in [9.17, 15) is 0 Å². The summed E-state index contributed by atoms with van der Waals surface area (Å²) in [7, 11) is 0. The van der Waals surface area contributed by atoms with E-state index < -0.39 is 0 Å². The fraction of sp³-hybridized carbons (Fsp3) is 0.238. The molecule has 6 nitrogen and oxygen atoms in total. The molecule has 0 spiro atoms. The second kappa shape index (κ2) is 6.55. The summed E-state index contributed by atoms with van der Waals surface area (Å²) in [4.78, 5) is 8.39. The first-order chi connectivity index (χ1) is 13.3. The van der Waals surface area contributed by atoms with Crippen molar-refractivity contribution in [3.63, 3.8) is 0 Å². The van der Waals surface area contributed by atoms with Crippen LogP contribution in [0, 0.1) is 0 Å². The van der Waals surface area contributed by atoms with Crippen LogP contribution in [0.25, 0.3) is 21.8 Å². The molecule has 0 amide bonds. The average molecular weight is 360 g/mol. The van der Waals surface area contributed by atoms with Crippen molar-refractivity contribution >= 4 is 27.6 Å². The van der Waals surface area contributed by atoms with Crippen LogP contribution in [0.4, 0.5) is 5.82 Å². The quantitative estimate of drug-likeness (QED) is 0.597. The van der Waals surface area contributed by atoms with Gasteiger partial charge in [0.05, 0.1) is 11.5 Å². The Bertz CT molecular complexity index is 1110. The molecule has 2 atom stereocenters. The molecule has 2 N–H and O–H groups in total. The molecule has 1 aliphatic rings. The van der Waals surface area contributed by atoms with Gasteiger partial charge in [-0.3, -0.25) is 0 Å². The molecule has 0 radical (unpaired) electrons. The lowest BCUT2D eigenvalue weighted by Gasteiger charge is -2.16. The van der Waals surface area contributed by atoms with Crippen molar-refractivity contribution in [2.24, 2.45) is 0 Å². The predicted octanol–water partition coefficient (Wildman–Crippen LogP) is 3.92. The second-order valence-corrected chi connectivity index (χ2v) is 6.83. The molecule has 0 aliphatic carbocycles. The van der Waals surface area contributed by atoms with Crippen LogP contribution >= 0.6 is 0 Å². The third-order valence-electron chi connectivity index (χ3n) is 5.09. The summed E-state index contributed by atoms with van der Waals surface area (Å²) in [6, 6.07) is 16.4. The zero-order valence-corrected chi connectivity index (χ0v) is 14.8. The van der Waals surface area contributed by atoms with Gasteiger partial charge in [0.15, 0.2) is 0 Å². The molecule has 6 heteroatoms. The number of fused-ring (bicyclic) bond motifs is 2. The molecular formula is C21H20N4O2. The first-order valence-corrected chi connectivity index (χ1v) is 9.12. The van der Waals surface area contributed by atoms with Gasteiger partial charge in [0.2, 0.25) is 0 Å². The first-order valence-electron chi connectivity index (χ1n) is 9.12. The molecular weight excluding hydrogens is 340 g/mol. The number of rotatable bonds is 4. The molecule has 2 aromatic carbocycles. The van der Waals surface area contributed by atoms with Gasteiger partial charge in [0.25, 0.3) is 0 Å². The molecule has 0 saturated carbocycles. The molecule has 0 unspecified atom stereocenters. The van der Waals surface area contributed by atoms with Crippen molar-refractivity contribution in [2.75, 3.05) is 12.3 Å². The fourth-order valence-corrected chi connectivity index (χ4v) is 3.68. The number of benzene rings is 2. The van der Waals surface area contributed by atoms with Crippen molar-refractivity contribution < 1.29 is 9.47 Å². The molecule has 1 aliphatic heterocycles. The lowest BCUT2D eigenvalue weighted by Crippen LogP contribution is -2.18. The monoisotopic (exact) mass is 360 g/mol. The number of nitrogens with zero attached hydrogens (tertiary/aromatic N) is 3. The summed E-state index contributed by atoms with van der Waals surface area (Å²) in [6.45, 7) is 0.533. The predicted molar refractivity (Wildman–Crippen MR) is 105 cm³/mol. The highest BCUT2D eigenvalue weighted by Crippen LogP contribution is 2.32. The Morgan fingerprint density at radius 1 is 1.07 bits per heavy atom. The van der Waals surface area contributed by atoms with Gasteiger partial charge in [-0.15, -0.1) is 0 Å². The van der Waals surface area contributed by atoms with E-state index in [-0.39, 0.29) is 12.3 Å². The number of aromatic nitrogens is 3. The Hall–Kier alpha value is -3.12. The molecule has 136 valence electrons. The van der Waals surface area contributed by atoms with Gasteiger partial charge in [-0.1, -0.05) is 30.3 Å². The number of ether oxygens (including phenoxy) is 2. The Labute approximate surface area is 156 Å². The van der Waals surface area contributed by atoms with Gasteiger partial charge >= 0.3 is 0 Å². The van der Waals surface area contributed by atoms with Crippen LogP contribution in [0.1, 0.15) is 19.1 Å². The minimum Gasteiger partial charge on any atom is -0.491 e. The first kappa shape index (κ1) is 16.1. The Balaban J connectivity index is 1.27. The number of anilines is 1. The van der Waals surface area contributed by atoms with Crippen LogP contribution in [0.15, 0.2) is 61.1 Å². The SMILES string of the molecule is Nc1ncnc2c1ccn2[C@H]1CC[C@@H](COc2ccc3ccccc3c2)O1. The summed E-state index contributed by atoms with van der Waals surface area (Å²) in [6.07, 6.45) is 5.31. The third-order valence-corrected chi connectivity index (χ3v) is 5.09. The molecule has 1 fully saturated rings. The third kappa shape index (κ3) is 2.98. The van der Waals surface area contributed by atoms with E-state index in [0.29, 0.717) is 12.4 Å². The molecule has 5 rings (SSSR count). The molecule has 0 bridgehead atoms. The van der Waals surface area contributed by atoms with E-state index in [1.807, 2.05) is 35.0 Å². The molecule has 1 saturated heterocycles. The second-order valence-electron chi connectivity index (χ2n) is 6.83. The fourth-order valence-electron chi connectivity index (χ4n) is 3.68. The largest absolute Gasteiger partial charge is 0.491 e. The maximum atomic E-state index is 6.20. The Kier molecular flexibility index (Phi) is 3.90. The number of nitrogen functional groups attached to an aromatic ring is 1. The van der Waals surface area contributed by atoms with Crippen LogP contribution < -0.4 is 10.5 Å². The Morgan fingerprint density at radius 2 is 1.96 bits per heavy atom. The van der Waals surface area contributed by atoms with Crippen molar-refractivity contribution in [1.29, 1.82) is 0 Å². The van der Waals surface area contributed by atoms with Crippen LogP contribution in [0.5, 0.6) is 5.75 Å². The van der Waals surface area contributed by atoms with E-state index in [0.717, 1.165) is 29.6 Å². The number of hydrogen-bond donors (Lipinski definition) is 1. The minimum absolute atomic E-state index is 0.0537. The maximum Gasteiger partial charge on any atom is 0.147 e. The lowest BCUT2D eigenvalue weighted by atomic mass is 10.1. The smallest absolute Gasteiger partial charge is 0.147 e. The highest BCUT2D eigenvalue weighted by molar-refractivity contribution is 5.86. The highest BCUT2D eigenvalue weighted by atomic mass is 16.6. The zero-order valence-electron chi connectivity index (χ0n) is 14.8. The number of hydrogen-bond acceptors (Lipinski definition) is 5. The standard InChI is InChI=1S/C21H20N4O2/c22-20-18-9-10-25(21(18)24-13-23-20)19-8-7-17(27-19)12-26-16-6-5-14-3-1-2-4-15(14)11-16/h1-6,9-11,13,17,19H,7-8,12H2,(H2,22,23,24)/t17-,19+/m0/s1. The number of nitrogens with two attached hydrogens (primary N) is 1. The van der Waals surface area contributed by atoms with Crippen molar-refractivity contribution in [2.45, 2.75) is 25.2 Å². The van der Waals surface area contributed by atoms with E-state index >= 15 is 0 Å². The highest BCUT2D eigenvalue weighted by Gasteiger charge is 2.28. The van der Waals surface area contributed by atoms with Crippen LogP contribution in [-0.2, 0) is 4.74 Å².